The van der Waals surface area contributed by atoms with E-state index in [-0.39, 0.29) is 5.41 Å². The topological polar surface area (TPSA) is 70.6 Å². The maximum absolute atomic E-state index is 11.7. The van der Waals surface area contributed by atoms with Gasteiger partial charge < -0.3 is 5.32 Å². The standard InChI is InChI=1S/C20H23N3O2/c1-20(2,3)17-11-9-16(10-12-17)14-22-23-19(25)18(24)21-13-15-7-5-4-6-8-15/h4-12,14H,13H2,1-3H3,(H,21,24)(H,23,25)/b22-14-. The molecule has 0 spiro atoms. The van der Waals surface area contributed by atoms with Crippen LogP contribution in [0.2, 0.25) is 0 Å². The van der Waals surface area contributed by atoms with E-state index < -0.39 is 11.8 Å². The summed E-state index contributed by atoms with van der Waals surface area (Å²) in [5.74, 6) is -1.51. The first-order valence-electron chi connectivity index (χ1n) is 8.12. The quantitative estimate of drug-likeness (QED) is 0.512. The summed E-state index contributed by atoms with van der Waals surface area (Å²) in [6, 6.07) is 17.3. The number of rotatable bonds is 4. The Bertz CT molecular complexity index is 745. The van der Waals surface area contributed by atoms with E-state index in [2.05, 4.69) is 36.6 Å². The number of amides is 2. The summed E-state index contributed by atoms with van der Waals surface area (Å²) in [6.07, 6.45) is 1.51. The van der Waals surface area contributed by atoms with Crippen LogP contribution in [0.1, 0.15) is 37.5 Å². The molecule has 0 saturated heterocycles. The van der Waals surface area contributed by atoms with Gasteiger partial charge in [0.1, 0.15) is 0 Å². The highest BCUT2D eigenvalue weighted by atomic mass is 16.2. The van der Waals surface area contributed by atoms with E-state index in [0.717, 1.165) is 11.1 Å². The van der Waals surface area contributed by atoms with Gasteiger partial charge in [-0.2, -0.15) is 5.10 Å². The highest BCUT2D eigenvalue weighted by Gasteiger charge is 2.13. The molecule has 0 saturated carbocycles. The number of nitrogens with zero attached hydrogens (tertiary/aromatic N) is 1. The molecule has 0 aliphatic carbocycles. The van der Waals surface area contributed by atoms with Crippen molar-refractivity contribution < 1.29 is 9.59 Å². The van der Waals surface area contributed by atoms with Crippen LogP contribution in [0.25, 0.3) is 0 Å². The van der Waals surface area contributed by atoms with Crippen LogP contribution in [0.15, 0.2) is 59.7 Å². The van der Waals surface area contributed by atoms with Crippen molar-refractivity contribution in [2.75, 3.05) is 0 Å². The molecule has 2 N–H and O–H groups in total. The Balaban J connectivity index is 1.82. The van der Waals surface area contributed by atoms with Gasteiger partial charge in [-0.3, -0.25) is 9.59 Å². The fourth-order valence-electron chi connectivity index (χ4n) is 2.14. The first kappa shape index (κ1) is 18.4. The zero-order valence-electron chi connectivity index (χ0n) is 14.7. The van der Waals surface area contributed by atoms with Gasteiger partial charge in [0.25, 0.3) is 0 Å². The van der Waals surface area contributed by atoms with Gasteiger partial charge in [0.2, 0.25) is 0 Å². The average Bonchev–Trinajstić information content (AvgIpc) is 2.60. The first-order valence-corrected chi connectivity index (χ1v) is 8.12. The highest BCUT2D eigenvalue weighted by Crippen LogP contribution is 2.21. The minimum atomic E-state index is -0.793. The van der Waals surface area contributed by atoms with Crippen LogP contribution in [0.5, 0.6) is 0 Å². The van der Waals surface area contributed by atoms with Gasteiger partial charge in [0.15, 0.2) is 0 Å². The summed E-state index contributed by atoms with van der Waals surface area (Å²) >= 11 is 0. The van der Waals surface area contributed by atoms with Gasteiger partial charge in [0.05, 0.1) is 6.21 Å². The Hall–Kier alpha value is -2.95. The van der Waals surface area contributed by atoms with Crippen molar-refractivity contribution in [2.24, 2.45) is 5.10 Å². The fourth-order valence-corrected chi connectivity index (χ4v) is 2.14. The number of carbonyl (C=O) groups is 2. The van der Waals surface area contributed by atoms with Crippen molar-refractivity contribution >= 4 is 18.0 Å². The molecule has 0 aliphatic heterocycles. The maximum Gasteiger partial charge on any atom is 0.329 e. The fraction of sp³-hybridized carbons (Fsp3) is 0.250. The summed E-state index contributed by atoms with van der Waals surface area (Å²) < 4.78 is 0. The molecule has 0 heterocycles. The van der Waals surface area contributed by atoms with Crippen molar-refractivity contribution in [1.29, 1.82) is 0 Å². The van der Waals surface area contributed by atoms with E-state index in [1.807, 2.05) is 54.6 Å². The number of nitrogens with one attached hydrogen (secondary N) is 2. The van der Waals surface area contributed by atoms with Gasteiger partial charge >= 0.3 is 11.8 Å². The second kappa shape index (κ2) is 8.24. The van der Waals surface area contributed by atoms with Crippen molar-refractivity contribution in [3.8, 4) is 0 Å². The van der Waals surface area contributed by atoms with Crippen LogP contribution in [-0.4, -0.2) is 18.0 Å². The average molecular weight is 337 g/mol. The van der Waals surface area contributed by atoms with Crippen LogP contribution in [-0.2, 0) is 21.5 Å². The predicted octanol–water partition coefficient (Wildman–Crippen LogP) is 2.75. The van der Waals surface area contributed by atoms with Crippen LogP contribution in [0, 0.1) is 0 Å². The third-order valence-electron chi connectivity index (χ3n) is 3.66. The molecule has 0 bridgehead atoms. The number of hydrogen-bond donors (Lipinski definition) is 2. The normalized spacial score (nSPS) is 11.3. The molecule has 0 radical (unpaired) electrons. The monoisotopic (exact) mass is 337 g/mol. The Labute approximate surface area is 148 Å². The minimum Gasteiger partial charge on any atom is -0.344 e. The van der Waals surface area contributed by atoms with Crippen molar-refractivity contribution in [2.45, 2.75) is 32.7 Å². The number of carbonyl (C=O) groups excluding carboxylic acids is 2. The molecular weight excluding hydrogens is 314 g/mol. The summed E-state index contributed by atoms with van der Waals surface area (Å²) in [6.45, 7) is 6.73. The van der Waals surface area contributed by atoms with E-state index in [1.165, 1.54) is 11.8 Å². The SMILES string of the molecule is CC(C)(C)c1ccc(/C=N\NC(=O)C(=O)NCc2ccccc2)cc1. The number of benzene rings is 2. The maximum atomic E-state index is 11.7. The van der Waals surface area contributed by atoms with Gasteiger partial charge in [-0.1, -0.05) is 75.4 Å². The molecule has 2 rings (SSSR count). The smallest absolute Gasteiger partial charge is 0.329 e. The molecule has 5 nitrogen and oxygen atoms in total. The highest BCUT2D eigenvalue weighted by molar-refractivity contribution is 6.35. The lowest BCUT2D eigenvalue weighted by Crippen LogP contribution is -2.37. The van der Waals surface area contributed by atoms with Crippen molar-refractivity contribution in [3.05, 3.63) is 71.3 Å². The van der Waals surface area contributed by atoms with Crippen LogP contribution >= 0.6 is 0 Å². The molecule has 5 heteroatoms. The molecule has 0 fully saturated rings. The zero-order chi connectivity index (χ0) is 18.3. The third-order valence-corrected chi connectivity index (χ3v) is 3.66. The lowest BCUT2D eigenvalue weighted by molar-refractivity contribution is -0.139. The van der Waals surface area contributed by atoms with E-state index >= 15 is 0 Å². The molecular formula is C20H23N3O2. The lowest BCUT2D eigenvalue weighted by atomic mass is 9.87. The van der Waals surface area contributed by atoms with Crippen LogP contribution in [0.4, 0.5) is 0 Å². The molecule has 0 unspecified atom stereocenters. The second-order valence-corrected chi connectivity index (χ2v) is 6.74. The van der Waals surface area contributed by atoms with E-state index in [0.29, 0.717) is 6.54 Å². The zero-order valence-corrected chi connectivity index (χ0v) is 14.7. The van der Waals surface area contributed by atoms with E-state index in [4.69, 9.17) is 0 Å². The summed E-state index contributed by atoms with van der Waals surface area (Å²) in [5, 5.41) is 6.37. The molecule has 130 valence electrons. The van der Waals surface area contributed by atoms with Gasteiger partial charge in [-0.25, -0.2) is 5.43 Å². The molecule has 2 aromatic rings. The summed E-state index contributed by atoms with van der Waals surface area (Å²) in [7, 11) is 0. The molecule has 0 aromatic heterocycles. The molecule has 2 amide bonds. The van der Waals surface area contributed by atoms with E-state index in [9.17, 15) is 9.59 Å². The number of hydrogen-bond acceptors (Lipinski definition) is 3. The van der Waals surface area contributed by atoms with Crippen molar-refractivity contribution in [1.82, 2.24) is 10.7 Å². The van der Waals surface area contributed by atoms with Gasteiger partial charge in [-0.15, -0.1) is 0 Å². The molecule has 0 atom stereocenters. The van der Waals surface area contributed by atoms with Crippen LogP contribution < -0.4 is 10.7 Å². The first-order chi connectivity index (χ1) is 11.9. The third kappa shape index (κ3) is 5.88. The Morgan fingerprint density at radius 2 is 1.60 bits per heavy atom. The Morgan fingerprint density at radius 3 is 2.20 bits per heavy atom. The Morgan fingerprint density at radius 1 is 0.960 bits per heavy atom. The van der Waals surface area contributed by atoms with E-state index in [1.54, 1.807) is 0 Å². The predicted molar refractivity (Wildman–Crippen MR) is 99.2 cm³/mol. The molecule has 25 heavy (non-hydrogen) atoms. The largest absolute Gasteiger partial charge is 0.344 e. The van der Waals surface area contributed by atoms with Crippen molar-refractivity contribution in [3.63, 3.8) is 0 Å². The summed E-state index contributed by atoms with van der Waals surface area (Å²) in [4.78, 5) is 23.4. The lowest BCUT2D eigenvalue weighted by Gasteiger charge is -2.18. The second-order valence-electron chi connectivity index (χ2n) is 6.74. The van der Waals surface area contributed by atoms with Gasteiger partial charge in [-0.05, 0) is 22.1 Å². The number of hydrazone groups is 1. The molecule has 0 aliphatic rings. The van der Waals surface area contributed by atoms with Gasteiger partial charge in [0, 0.05) is 6.54 Å². The molecule has 2 aromatic carbocycles. The minimum absolute atomic E-state index is 0.0841. The summed E-state index contributed by atoms with van der Waals surface area (Å²) in [5.41, 5.74) is 5.30. The Kier molecular flexibility index (Phi) is 6.06. The van der Waals surface area contributed by atoms with Crippen LogP contribution in [0.3, 0.4) is 0 Å².